The summed E-state index contributed by atoms with van der Waals surface area (Å²) in [6, 6.07) is 14.5. The molecule has 0 amide bonds. The fourth-order valence-corrected chi connectivity index (χ4v) is 3.43. The van der Waals surface area contributed by atoms with Crippen molar-refractivity contribution in [3.63, 3.8) is 0 Å². The first-order valence-electron chi connectivity index (χ1n) is 6.29. The highest BCUT2D eigenvalue weighted by molar-refractivity contribution is 7.17. The summed E-state index contributed by atoms with van der Waals surface area (Å²) in [7, 11) is 0. The van der Waals surface area contributed by atoms with Gasteiger partial charge in [0.15, 0.2) is 11.5 Å². The Labute approximate surface area is 115 Å². The molecule has 2 nitrogen and oxygen atoms in total. The number of ether oxygens (including phenoxy) is 2. The van der Waals surface area contributed by atoms with Gasteiger partial charge in [-0.25, -0.2) is 0 Å². The molecular formula is C16H12O2S. The second-order valence-electron chi connectivity index (χ2n) is 4.48. The van der Waals surface area contributed by atoms with Crippen molar-refractivity contribution in [3.05, 3.63) is 47.8 Å². The summed E-state index contributed by atoms with van der Waals surface area (Å²) < 4.78 is 12.8. The van der Waals surface area contributed by atoms with E-state index in [1.807, 2.05) is 12.1 Å². The summed E-state index contributed by atoms with van der Waals surface area (Å²) >= 11 is 1.76. The summed E-state index contributed by atoms with van der Waals surface area (Å²) in [5.74, 6) is 1.72. The topological polar surface area (TPSA) is 18.5 Å². The van der Waals surface area contributed by atoms with Gasteiger partial charge in [-0.2, -0.15) is 0 Å². The molecule has 0 aliphatic carbocycles. The Balaban J connectivity index is 1.97. The Bertz CT molecular complexity index is 745. The van der Waals surface area contributed by atoms with Crippen molar-refractivity contribution in [2.45, 2.75) is 0 Å². The maximum atomic E-state index is 5.81. The number of rotatable bonds is 1. The van der Waals surface area contributed by atoms with Gasteiger partial charge in [0.25, 0.3) is 0 Å². The molecule has 2 heterocycles. The van der Waals surface area contributed by atoms with Crippen LogP contribution in [-0.4, -0.2) is 13.2 Å². The fourth-order valence-electron chi connectivity index (χ4n) is 2.47. The van der Waals surface area contributed by atoms with Gasteiger partial charge in [-0.3, -0.25) is 0 Å². The third-order valence-electron chi connectivity index (χ3n) is 3.34. The van der Waals surface area contributed by atoms with Gasteiger partial charge in [0.05, 0.1) is 0 Å². The van der Waals surface area contributed by atoms with E-state index in [0.717, 1.165) is 17.1 Å². The van der Waals surface area contributed by atoms with Gasteiger partial charge in [0.2, 0.25) is 0 Å². The molecule has 0 saturated carbocycles. The van der Waals surface area contributed by atoms with E-state index in [0.29, 0.717) is 13.2 Å². The van der Waals surface area contributed by atoms with Crippen LogP contribution >= 0.6 is 11.3 Å². The number of hydrogen-bond acceptors (Lipinski definition) is 3. The highest BCUT2D eigenvalue weighted by atomic mass is 32.1. The molecule has 0 saturated heterocycles. The Morgan fingerprint density at radius 1 is 0.842 bits per heavy atom. The highest BCUT2D eigenvalue weighted by Gasteiger charge is 2.18. The summed E-state index contributed by atoms with van der Waals surface area (Å²) in [6.07, 6.45) is 0. The highest BCUT2D eigenvalue weighted by Crippen LogP contribution is 2.43. The lowest BCUT2D eigenvalue weighted by atomic mass is 10.0. The second-order valence-corrected chi connectivity index (χ2v) is 5.39. The zero-order valence-corrected chi connectivity index (χ0v) is 11.1. The van der Waals surface area contributed by atoms with Crippen LogP contribution in [0.3, 0.4) is 0 Å². The molecule has 3 heteroatoms. The van der Waals surface area contributed by atoms with Crippen molar-refractivity contribution < 1.29 is 9.47 Å². The molecule has 0 atom stereocenters. The first-order valence-corrected chi connectivity index (χ1v) is 7.17. The molecular weight excluding hydrogens is 256 g/mol. The van der Waals surface area contributed by atoms with Gasteiger partial charge >= 0.3 is 0 Å². The third kappa shape index (κ3) is 1.70. The molecule has 19 heavy (non-hydrogen) atoms. The Kier molecular flexibility index (Phi) is 2.45. The zero-order chi connectivity index (χ0) is 12.7. The quantitative estimate of drug-likeness (QED) is 0.653. The summed E-state index contributed by atoms with van der Waals surface area (Å²) in [4.78, 5) is 0. The Morgan fingerprint density at radius 3 is 2.74 bits per heavy atom. The van der Waals surface area contributed by atoms with Crippen LogP contribution in [0.25, 0.3) is 21.2 Å². The van der Waals surface area contributed by atoms with Crippen molar-refractivity contribution in [2.75, 3.05) is 13.2 Å². The largest absolute Gasteiger partial charge is 0.486 e. The predicted molar refractivity (Wildman–Crippen MR) is 78.3 cm³/mol. The Hall–Kier alpha value is -2.00. The van der Waals surface area contributed by atoms with Crippen molar-refractivity contribution in [1.29, 1.82) is 0 Å². The van der Waals surface area contributed by atoms with Gasteiger partial charge in [-0.15, -0.1) is 11.3 Å². The normalized spacial score (nSPS) is 13.7. The maximum absolute atomic E-state index is 5.81. The van der Waals surface area contributed by atoms with Crippen LogP contribution in [0, 0.1) is 0 Å². The van der Waals surface area contributed by atoms with E-state index in [1.165, 1.54) is 15.6 Å². The average molecular weight is 268 g/mol. The molecule has 2 aromatic carbocycles. The first-order chi connectivity index (χ1) is 9.43. The molecule has 1 aromatic heterocycles. The lowest BCUT2D eigenvalue weighted by Crippen LogP contribution is -2.15. The molecule has 94 valence electrons. The maximum Gasteiger partial charge on any atom is 0.169 e. The molecule has 3 aromatic rings. The van der Waals surface area contributed by atoms with Gasteiger partial charge in [-0.1, -0.05) is 30.3 Å². The lowest BCUT2D eigenvalue weighted by molar-refractivity contribution is 0.172. The minimum atomic E-state index is 0.617. The van der Waals surface area contributed by atoms with Crippen LogP contribution in [0.15, 0.2) is 47.8 Å². The number of para-hydroxylation sites is 1. The van der Waals surface area contributed by atoms with Crippen molar-refractivity contribution in [1.82, 2.24) is 0 Å². The minimum Gasteiger partial charge on any atom is -0.486 e. The molecule has 0 bridgehead atoms. The molecule has 0 radical (unpaired) electrons. The average Bonchev–Trinajstić information content (AvgIpc) is 2.90. The molecule has 0 spiro atoms. The number of hydrogen-bond donors (Lipinski definition) is 0. The number of benzene rings is 2. The Morgan fingerprint density at radius 2 is 1.74 bits per heavy atom. The van der Waals surface area contributed by atoms with E-state index in [9.17, 15) is 0 Å². The SMILES string of the molecule is c1cc2c(c(-c3csc4ccccc34)c1)OCCO2. The molecule has 4 rings (SSSR count). The van der Waals surface area contributed by atoms with Crippen LogP contribution in [0.4, 0.5) is 0 Å². The van der Waals surface area contributed by atoms with Crippen molar-refractivity contribution >= 4 is 21.4 Å². The molecule has 1 aliphatic heterocycles. The van der Waals surface area contributed by atoms with Gasteiger partial charge in [0.1, 0.15) is 13.2 Å². The molecule has 0 fully saturated rings. The van der Waals surface area contributed by atoms with E-state index in [4.69, 9.17) is 9.47 Å². The summed E-state index contributed by atoms with van der Waals surface area (Å²) in [5, 5.41) is 3.47. The van der Waals surface area contributed by atoms with Gasteiger partial charge in [-0.05, 0) is 17.5 Å². The fraction of sp³-hybridized carbons (Fsp3) is 0.125. The van der Waals surface area contributed by atoms with Gasteiger partial charge < -0.3 is 9.47 Å². The molecule has 0 unspecified atom stereocenters. The standard InChI is InChI=1S/C16H12O2S/c1-2-7-15-11(4-1)13(10-19-15)12-5-3-6-14-16(12)18-9-8-17-14/h1-7,10H,8-9H2. The molecule has 0 N–H and O–H groups in total. The van der Waals surface area contributed by atoms with Gasteiger partial charge in [0, 0.05) is 21.2 Å². The third-order valence-corrected chi connectivity index (χ3v) is 4.30. The van der Waals surface area contributed by atoms with Crippen LogP contribution in [0.2, 0.25) is 0 Å². The van der Waals surface area contributed by atoms with E-state index in [1.54, 1.807) is 11.3 Å². The first kappa shape index (κ1) is 10.9. The predicted octanol–water partition coefficient (Wildman–Crippen LogP) is 4.34. The summed E-state index contributed by atoms with van der Waals surface area (Å²) in [6.45, 7) is 1.24. The van der Waals surface area contributed by atoms with Crippen LogP contribution in [0.1, 0.15) is 0 Å². The van der Waals surface area contributed by atoms with Crippen LogP contribution < -0.4 is 9.47 Å². The minimum absolute atomic E-state index is 0.617. The van der Waals surface area contributed by atoms with E-state index in [2.05, 4.69) is 35.7 Å². The van der Waals surface area contributed by atoms with E-state index < -0.39 is 0 Å². The summed E-state index contributed by atoms with van der Waals surface area (Å²) in [5.41, 5.74) is 2.35. The number of fused-ring (bicyclic) bond motifs is 2. The monoisotopic (exact) mass is 268 g/mol. The number of thiophene rings is 1. The van der Waals surface area contributed by atoms with Crippen molar-refractivity contribution in [3.8, 4) is 22.6 Å². The lowest BCUT2D eigenvalue weighted by Gasteiger charge is -2.20. The molecule has 1 aliphatic rings. The smallest absolute Gasteiger partial charge is 0.169 e. The van der Waals surface area contributed by atoms with Crippen LogP contribution in [0.5, 0.6) is 11.5 Å². The van der Waals surface area contributed by atoms with E-state index >= 15 is 0 Å². The van der Waals surface area contributed by atoms with Crippen LogP contribution in [-0.2, 0) is 0 Å². The van der Waals surface area contributed by atoms with E-state index in [-0.39, 0.29) is 0 Å². The second kappa shape index (κ2) is 4.28. The van der Waals surface area contributed by atoms with Crippen molar-refractivity contribution in [2.24, 2.45) is 0 Å². The zero-order valence-electron chi connectivity index (χ0n) is 10.3.